The number of H-pyrrole nitrogens is 1. The third-order valence-electron chi connectivity index (χ3n) is 4.27. The van der Waals surface area contributed by atoms with Crippen LogP contribution in [-0.2, 0) is 0 Å². The van der Waals surface area contributed by atoms with Crippen LogP contribution in [0.15, 0.2) is 79.5 Å². The van der Waals surface area contributed by atoms with Crippen molar-refractivity contribution >= 4 is 16.5 Å². The molecule has 0 aliphatic rings. The molecule has 0 amide bonds. The first-order valence-electron chi connectivity index (χ1n) is 8.00. The Balaban J connectivity index is 2.00. The number of hydrogen-bond acceptors (Lipinski definition) is 2. The van der Waals surface area contributed by atoms with Gasteiger partial charge in [-0.15, -0.1) is 0 Å². The van der Waals surface area contributed by atoms with E-state index in [0.29, 0.717) is 5.56 Å². The lowest BCUT2D eigenvalue weighted by molar-refractivity contribution is 1.29. The van der Waals surface area contributed by atoms with Crippen molar-refractivity contribution in [2.75, 3.05) is 0 Å². The van der Waals surface area contributed by atoms with Gasteiger partial charge < -0.3 is 4.98 Å². The van der Waals surface area contributed by atoms with Gasteiger partial charge in [0.05, 0.1) is 23.0 Å². The molecule has 25 heavy (non-hydrogen) atoms. The Hall–Kier alpha value is -3.64. The van der Waals surface area contributed by atoms with Crippen LogP contribution in [-0.4, -0.2) is 9.97 Å². The first-order chi connectivity index (χ1) is 12.3. The molecule has 0 saturated heterocycles. The lowest BCUT2D eigenvalue weighted by Gasteiger charge is -2.08. The van der Waals surface area contributed by atoms with E-state index in [4.69, 9.17) is 0 Å². The van der Waals surface area contributed by atoms with Crippen LogP contribution in [0.4, 0.5) is 0 Å². The Bertz CT molecular complexity index is 1100. The monoisotopic (exact) mass is 321 g/mol. The minimum atomic E-state index is 0.623. The normalized spacial score (nSPS) is 10.5. The molecule has 0 bridgehead atoms. The van der Waals surface area contributed by atoms with Crippen molar-refractivity contribution in [3.63, 3.8) is 0 Å². The summed E-state index contributed by atoms with van der Waals surface area (Å²) in [5.41, 5.74) is 6.31. The predicted octanol–water partition coefficient (Wildman–Crippen LogP) is 5.16. The van der Waals surface area contributed by atoms with Crippen LogP contribution in [0.5, 0.6) is 0 Å². The molecular formula is C22H15N3. The molecule has 3 nitrogen and oxygen atoms in total. The van der Waals surface area contributed by atoms with E-state index in [0.717, 1.165) is 39.0 Å². The largest absolute Gasteiger partial charge is 0.353 e. The van der Waals surface area contributed by atoms with E-state index in [2.05, 4.69) is 22.6 Å². The summed E-state index contributed by atoms with van der Waals surface area (Å²) in [6.45, 7) is 4.33. The maximum Gasteiger partial charge on any atom is 0.0992 e. The number of nitrogens with one attached hydrogen (secondary N) is 1. The minimum absolute atomic E-state index is 0.623. The fourth-order valence-electron chi connectivity index (χ4n) is 3.07. The molecule has 0 aliphatic carbocycles. The molecule has 0 atom stereocenters. The van der Waals surface area contributed by atoms with Crippen LogP contribution in [0.25, 0.3) is 27.9 Å². The second-order valence-corrected chi connectivity index (χ2v) is 5.81. The van der Waals surface area contributed by atoms with Gasteiger partial charge in [0.2, 0.25) is 0 Å². The number of benzene rings is 2. The summed E-state index contributed by atoms with van der Waals surface area (Å²) in [6, 6.07) is 23.8. The average Bonchev–Trinajstić information content (AvgIpc) is 3.07. The van der Waals surface area contributed by atoms with Gasteiger partial charge in [0, 0.05) is 22.7 Å². The number of hydrogen-bond donors (Lipinski definition) is 1. The molecule has 0 aliphatic heterocycles. The van der Waals surface area contributed by atoms with Gasteiger partial charge >= 0.3 is 0 Å². The van der Waals surface area contributed by atoms with E-state index in [1.54, 1.807) is 6.20 Å². The quantitative estimate of drug-likeness (QED) is 0.566. The Morgan fingerprint density at radius 3 is 2.52 bits per heavy atom. The van der Waals surface area contributed by atoms with Crippen molar-refractivity contribution in [3.8, 4) is 17.5 Å². The maximum atomic E-state index is 9.18. The second kappa shape index (κ2) is 6.10. The molecule has 0 unspecified atom stereocenters. The van der Waals surface area contributed by atoms with Crippen LogP contribution in [0.1, 0.15) is 16.7 Å². The van der Waals surface area contributed by atoms with Crippen LogP contribution in [0, 0.1) is 11.3 Å². The van der Waals surface area contributed by atoms with E-state index in [1.165, 1.54) is 0 Å². The Kier molecular flexibility index (Phi) is 3.64. The highest BCUT2D eigenvalue weighted by atomic mass is 14.8. The Labute approximate surface area is 145 Å². The SMILES string of the molecule is C=C(c1ccccc1)c1c(-c2ccccn2)[nH]c2cc(C#N)ccc12. The average molecular weight is 321 g/mol. The molecule has 0 saturated carbocycles. The van der Waals surface area contributed by atoms with Gasteiger partial charge in [-0.1, -0.05) is 49.0 Å². The number of nitrogens with zero attached hydrogens (tertiary/aromatic N) is 2. The summed E-state index contributed by atoms with van der Waals surface area (Å²) in [6.07, 6.45) is 1.77. The zero-order valence-corrected chi connectivity index (χ0v) is 13.5. The van der Waals surface area contributed by atoms with Gasteiger partial charge in [-0.25, -0.2) is 0 Å². The zero-order valence-electron chi connectivity index (χ0n) is 13.5. The standard InChI is InChI=1S/C22H15N3/c1-15(17-7-3-2-4-8-17)21-18-11-10-16(14-23)13-20(18)25-22(21)19-9-5-6-12-24-19/h2-13,25H,1H2. The summed E-state index contributed by atoms with van der Waals surface area (Å²) in [7, 11) is 0. The summed E-state index contributed by atoms with van der Waals surface area (Å²) >= 11 is 0. The molecule has 0 spiro atoms. The van der Waals surface area contributed by atoms with Gasteiger partial charge in [-0.2, -0.15) is 5.26 Å². The van der Waals surface area contributed by atoms with Gasteiger partial charge in [0.15, 0.2) is 0 Å². The van der Waals surface area contributed by atoms with Crippen LogP contribution in [0.2, 0.25) is 0 Å². The molecule has 0 radical (unpaired) electrons. The van der Waals surface area contributed by atoms with Crippen LogP contribution in [0.3, 0.4) is 0 Å². The smallest absolute Gasteiger partial charge is 0.0992 e. The molecule has 118 valence electrons. The van der Waals surface area contributed by atoms with Gasteiger partial charge in [-0.3, -0.25) is 4.98 Å². The molecule has 2 aromatic carbocycles. The van der Waals surface area contributed by atoms with Crippen molar-refractivity contribution in [3.05, 3.63) is 96.2 Å². The number of rotatable bonds is 3. The van der Waals surface area contributed by atoms with Crippen LogP contribution < -0.4 is 0 Å². The second-order valence-electron chi connectivity index (χ2n) is 5.81. The van der Waals surface area contributed by atoms with E-state index in [1.807, 2.05) is 66.7 Å². The first-order valence-corrected chi connectivity index (χ1v) is 8.00. The number of aromatic nitrogens is 2. The van der Waals surface area contributed by atoms with Crippen LogP contribution >= 0.6 is 0 Å². The summed E-state index contributed by atoms with van der Waals surface area (Å²) in [5, 5.41) is 10.2. The van der Waals surface area contributed by atoms with E-state index in [-0.39, 0.29) is 0 Å². The topological polar surface area (TPSA) is 52.5 Å². The number of fused-ring (bicyclic) bond motifs is 1. The number of pyridine rings is 1. The van der Waals surface area contributed by atoms with Crippen molar-refractivity contribution in [1.29, 1.82) is 5.26 Å². The first kappa shape index (κ1) is 14.9. The zero-order chi connectivity index (χ0) is 17.2. The molecule has 0 fully saturated rings. The highest BCUT2D eigenvalue weighted by Crippen LogP contribution is 2.36. The molecule has 2 aromatic heterocycles. The summed E-state index contributed by atoms with van der Waals surface area (Å²) in [5.74, 6) is 0. The lowest BCUT2D eigenvalue weighted by atomic mass is 9.95. The molecular weight excluding hydrogens is 306 g/mol. The van der Waals surface area contributed by atoms with Crippen molar-refractivity contribution in [2.24, 2.45) is 0 Å². The van der Waals surface area contributed by atoms with Crippen molar-refractivity contribution < 1.29 is 0 Å². The molecule has 3 heteroatoms. The third kappa shape index (κ3) is 2.60. The summed E-state index contributed by atoms with van der Waals surface area (Å²) in [4.78, 5) is 7.92. The van der Waals surface area contributed by atoms with Crippen molar-refractivity contribution in [1.82, 2.24) is 9.97 Å². The fraction of sp³-hybridized carbons (Fsp3) is 0. The highest BCUT2D eigenvalue weighted by molar-refractivity contribution is 6.03. The summed E-state index contributed by atoms with van der Waals surface area (Å²) < 4.78 is 0. The fourth-order valence-corrected chi connectivity index (χ4v) is 3.07. The van der Waals surface area contributed by atoms with Gasteiger partial charge in [0.1, 0.15) is 0 Å². The lowest BCUT2D eigenvalue weighted by Crippen LogP contribution is -1.90. The number of aromatic amines is 1. The van der Waals surface area contributed by atoms with E-state index < -0.39 is 0 Å². The minimum Gasteiger partial charge on any atom is -0.353 e. The third-order valence-corrected chi connectivity index (χ3v) is 4.27. The molecule has 1 N–H and O–H groups in total. The molecule has 2 heterocycles. The van der Waals surface area contributed by atoms with Gasteiger partial charge in [0.25, 0.3) is 0 Å². The Morgan fingerprint density at radius 1 is 1.00 bits per heavy atom. The van der Waals surface area contributed by atoms with E-state index in [9.17, 15) is 5.26 Å². The van der Waals surface area contributed by atoms with E-state index >= 15 is 0 Å². The highest BCUT2D eigenvalue weighted by Gasteiger charge is 2.17. The number of nitriles is 1. The maximum absolute atomic E-state index is 9.18. The van der Waals surface area contributed by atoms with Crippen molar-refractivity contribution in [2.45, 2.75) is 0 Å². The molecule has 4 rings (SSSR count). The van der Waals surface area contributed by atoms with Gasteiger partial charge in [-0.05, 0) is 35.4 Å². The predicted molar refractivity (Wildman–Crippen MR) is 101 cm³/mol. The Morgan fingerprint density at radius 2 is 1.80 bits per heavy atom. The molecule has 4 aromatic rings.